The van der Waals surface area contributed by atoms with Crippen LogP contribution in [0.2, 0.25) is 0 Å². The number of likely N-dealkylation sites (tertiary alicyclic amines) is 1. The maximum absolute atomic E-state index is 12.0. The minimum Gasteiger partial charge on any atom is -0.480 e. The fourth-order valence-corrected chi connectivity index (χ4v) is 2.51. The number of aryl methyl sites for hydroxylation is 1. The number of rotatable bonds is 4. The highest BCUT2D eigenvalue weighted by molar-refractivity contribution is 7.15. The smallest absolute Gasteiger partial charge is 0.329 e. The van der Waals surface area contributed by atoms with Crippen LogP contribution in [0.1, 0.15) is 17.8 Å². The molecule has 0 saturated carbocycles. The lowest BCUT2D eigenvalue weighted by molar-refractivity contribution is -0.145. The summed E-state index contributed by atoms with van der Waals surface area (Å²) < 4.78 is 5.22. The van der Waals surface area contributed by atoms with Gasteiger partial charge in [-0.15, -0.1) is 10.2 Å². The van der Waals surface area contributed by atoms with Crippen LogP contribution in [0.3, 0.4) is 0 Å². The average Bonchev–Trinajstić information content (AvgIpc) is 2.82. The zero-order valence-electron chi connectivity index (χ0n) is 11.0. The van der Waals surface area contributed by atoms with Gasteiger partial charge in [-0.3, -0.25) is 5.32 Å². The molecule has 2 amide bonds. The molecule has 1 aliphatic rings. The van der Waals surface area contributed by atoms with Gasteiger partial charge in [-0.1, -0.05) is 11.3 Å². The molecule has 1 aromatic heterocycles. The number of carbonyl (C=O) groups is 2. The Morgan fingerprint density at radius 2 is 2.15 bits per heavy atom. The molecular formula is C11H16N4O4S. The third-order valence-corrected chi connectivity index (χ3v) is 3.67. The second kappa shape index (κ2) is 6.62. The summed E-state index contributed by atoms with van der Waals surface area (Å²) in [5.41, 5.74) is 0. The molecule has 1 aliphatic heterocycles. The van der Waals surface area contributed by atoms with E-state index in [0.717, 1.165) is 5.01 Å². The van der Waals surface area contributed by atoms with Crippen LogP contribution in [0.4, 0.5) is 9.93 Å². The summed E-state index contributed by atoms with van der Waals surface area (Å²) in [6.45, 7) is 2.60. The van der Waals surface area contributed by atoms with Crippen molar-refractivity contribution in [3.63, 3.8) is 0 Å². The van der Waals surface area contributed by atoms with Gasteiger partial charge in [0.05, 0.1) is 6.10 Å². The normalized spacial score (nSPS) is 16.1. The minimum absolute atomic E-state index is 0.0982. The number of nitrogens with one attached hydrogen (secondary N) is 1. The Hall–Kier alpha value is -1.74. The first-order chi connectivity index (χ1) is 9.54. The average molecular weight is 300 g/mol. The van der Waals surface area contributed by atoms with E-state index < -0.39 is 5.97 Å². The van der Waals surface area contributed by atoms with Crippen LogP contribution in [0, 0.1) is 6.92 Å². The van der Waals surface area contributed by atoms with Gasteiger partial charge in [-0.25, -0.2) is 9.59 Å². The van der Waals surface area contributed by atoms with E-state index in [1.807, 2.05) is 6.92 Å². The fraction of sp³-hybridized carbons (Fsp3) is 0.636. The molecule has 110 valence electrons. The maximum Gasteiger partial charge on any atom is 0.329 e. The first kappa shape index (κ1) is 14.7. The number of piperidine rings is 1. The van der Waals surface area contributed by atoms with Crippen molar-refractivity contribution in [1.82, 2.24) is 15.1 Å². The number of carboxylic acid groups (broad SMARTS) is 1. The molecule has 20 heavy (non-hydrogen) atoms. The number of ether oxygens (including phenoxy) is 1. The molecule has 0 aromatic carbocycles. The summed E-state index contributed by atoms with van der Waals surface area (Å²) in [4.78, 5) is 24.0. The molecule has 0 bridgehead atoms. The SMILES string of the molecule is Cc1nnc(NC(=O)N2CCC(OCC(=O)O)CC2)s1. The van der Waals surface area contributed by atoms with Crippen LogP contribution in [-0.4, -0.2) is 58.0 Å². The summed E-state index contributed by atoms with van der Waals surface area (Å²) >= 11 is 1.32. The molecule has 0 spiro atoms. The van der Waals surface area contributed by atoms with Gasteiger partial charge in [0.1, 0.15) is 11.6 Å². The second-order valence-electron chi connectivity index (χ2n) is 4.45. The number of nitrogens with zero attached hydrogens (tertiary/aromatic N) is 3. The number of anilines is 1. The van der Waals surface area contributed by atoms with Crippen molar-refractivity contribution < 1.29 is 19.4 Å². The molecule has 1 fully saturated rings. The molecule has 2 rings (SSSR count). The Balaban J connectivity index is 1.75. The van der Waals surface area contributed by atoms with Crippen LogP contribution >= 0.6 is 11.3 Å². The van der Waals surface area contributed by atoms with E-state index in [9.17, 15) is 9.59 Å². The van der Waals surface area contributed by atoms with Crippen LogP contribution in [0.25, 0.3) is 0 Å². The maximum atomic E-state index is 12.0. The van der Waals surface area contributed by atoms with Gasteiger partial charge in [0.15, 0.2) is 0 Å². The third kappa shape index (κ3) is 4.14. The number of urea groups is 1. The molecule has 1 saturated heterocycles. The van der Waals surface area contributed by atoms with E-state index >= 15 is 0 Å². The van der Waals surface area contributed by atoms with E-state index in [0.29, 0.717) is 31.1 Å². The standard InChI is InChI=1S/C11H16N4O4S/c1-7-13-14-10(20-7)12-11(18)15-4-2-8(3-5-15)19-6-9(16)17/h8H,2-6H2,1H3,(H,16,17)(H,12,14,18). The largest absolute Gasteiger partial charge is 0.480 e. The van der Waals surface area contributed by atoms with Crippen molar-refractivity contribution >= 4 is 28.5 Å². The predicted molar refractivity (Wildman–Crippen MR) is 71.8 cm³/mol. The lowest BCUT2D eigenvalue weighted by atomic mass is 10.1. The van der Waals surface area contributed by atoms with Gasteiger partial charge >= 0.3 is 12.0 Å². The van der Waals surface area contributed by atoms with E-state index in [1.54, 1.807) is 4.90 Å². The molecule has 0 radical (unpaired) electrons. The van der Waals surface area contributed by atoms with Gasteiger partial charge in [0.2, 0.25) is 5.13 Å². The van der Waals surface area contributed by atoms with Gasteiger partial charge < -0.3 is 14.7 Å². The van der Waals surface area contributed by atoms with E-state index in [1.165, 1.54) is 11.3 Å². The van der Waals surface area contributed by atoms with Gasteiger partial charge in [0, 0.05) is 13.1 Å². The summed E-state index contributed by atoms with van der Waals surface area (Å²) in [7, 11) is 0. The molecule has 2 N–H and O–H groups in total. The number of carbonyl (C=O) groups excluding carboxylic acids is 1. The summed E-state index contributed by atoms with van der Waals surface area (Å²) in [6, 6.07) is -0.210. The highest BCUT2D eigenvalue weighted by Crippen LogP contribution is 2.17. The molecular weight excluding hydrogens is 284 g/mol. The Labute approximate surface area is 119 Å². The van der Waals surface area contributed by atoms with Crippen molar-refractivity contribution in [2.24, 2.45) is 0 Å². The van der Waals surface area contributed by atoms with Crippen molar-refractivity contribution in [3.05, 3.63) is 5.01 Å². The highest BCUT2D eigenvalue weighted by atomic mass is 32.1. The van der Waals surface area contributed by atoms with E-state index in [4.69, 9.17) is 9.84 Å². The Kier molecular flexibility index (Phi) is 4.85. The molecule has 0 atom stereocenters. The van der Waals surface area contributed by atoms with Crippen LogP contribution in [0.15, 0.2) is 0 Å². The second-order valence-corrected chi connectivity index (χ2v) is 5.63. The molecule has 9 heteroatoms. The Morgan fingerprint density at radius 3 is 2.70 bits per heavy atom. The van der Waals surface area contributed by atoms with Gasteiger partial charge in [-0.2, -0.15) is 0 Å². The van der Waals surface area contributed by atoms with Gasteiger partial charge in [0.25, 0.3) is 0 Å². The molecule has 1 aromatic rings. The zero-order chi connectivity index (χ0) is 14.5. The lowest BCUT2D eigenvalue weighted by Gasteiger charge is -2.31. The van der Waals surface area contributed by atoms with Crippen LogP contribution < -0.4 is 5.32 Å². The summed E-state index contributed by atoms with van der Waals surface area (Å²) in [6.07, 6.45) is 1.17. The summed E-state index contributed by atoms with van der Waals surface area (Å²) in [5, 5.41) is 20.2. The number of aromatic nitrogens is 2. The van der Waals surface area contributed by atoms with Gasteiger partial charge in [-0.05, 0) is 19.8 Å². The predicted octanol–water partition coefficient (Wildman–Crippen LogP) is 0.944. The molecule has 0 unspecified atom stereocenters. The molecule has 0 aliphatic carbocycles. The van der Waals surface area contributed by atoms with Crippen molar-refractivity contribution in [2.75, 3.05) is 25.0 Å². The van der Waals surface area contributed by atoms with Crippen LogP contribution in [-0.2, 0) is 9.53 Å². The topological polar surface area (TPSA) is 105 Å². The van der Waals surface area contributed by atoms with Crippen molar-refractivity contribution in [3.8, 4) is 0 Å². The fourth-order valence-electron chi connectivity index (χ4n) is 1.93. The van der Waals surface area contributed by atoms with Crippen LogP contribution in [0.5, 0.6) is 0 Å². The first-order valence-electron chi connectivity index (χ1n) is 6.24. The number of aliphatic carboxylic acids is 1. The number of hydrogen-bond acceptors (Lipinski definition) is 6. The number of carboxylic acids is 1. The summed E-state index contributed by atoms with van der Waals surface area (Å²) in [5.74, 6) is -0.975. The van der Waals surface area contributed by atoms with E-state index in [-0.39, 0.29) is 18.7 Å². The monoisotopic (exact) mass is 300 g/mol. The highest BCUT2D eigenvalue weighted by Gasteiger charge is 2.24. The quantitative estimate of drug-likeness (QED) is 0.857. The van der Waals surface area contributed by atoms with Crippen molar-refractivity contribution in [2.45, 2.75) is 25.9 Å². The van der Waals surface area contributed by atoms with Crippen molar-refractivity contribution in [1.29, 1.82) is 0 Å². The Bertz CT molecular complexity index is 485. The molecule has 2 heterocycles. The lowest BCUT2D eigenvalue weighted by Crippen LogP contribution is -2.43. The number of hydrogen-bond donors (Lipinski definition) is 2. The molecule has 8 nitrogen and oxygen atoms in total. The Morgan fingerprint density at radius 1 is 1.45 bits per heavy atom. The first-order valence-corrected chi connectivity index (χ1v) is 7.05. The zero-order valence-corrected chi connectivity index (χ0v) is 11.9. The number of amides is 2. The third-order valence-electron chi connectivity index (χ3n) is 2.91. The minimum atomic E-state index is -0.975. The van der Waals surface area contributed by atoms with E-state index in [2.05, 4.69) is 15.5 Å².